The number of hydrogen-bond donors (Lipinski definition) is 0. The minimum Gasteiger partial charge on any atom is -0.338 e. The molecule has 0 aromatic heterocycles. The Hall–Kier alpha value is -1.88. The maximum absolute atomic E-state index is 12.9. The average molecular weight is 345 g/mol. The topological polar surface area (TPSA) is 54.5 Å². The fourth-order valence-electron chi connectivity index (χ4n) is 3.48. The van der Waals surface area contributed by atoms with Gasteiger partial charge in [-0.15, -0.1) is 0 Å². The van der Waals surface area contributed by atoms with Crippen LogP contribution in [0.15, 0.2) is 42.5 Å². The highest BCUT2D eigenvalue weighted by atomic mass is 32.2. The zero-order valence-electron chi connectivity index (χ0n) is 13.9. The Labute approximate surface area is 143 Å². The molecule has 1 aliphatic heterocycles. The summed E-state index contributed by atoms with van der Waals surface area (Å²) in [5.74, 6) is 0.323. The second-order valence-corrected chi connectivity index (χ2v) is 8.69. The maximum Gasteiger partial charge on any atom is 0.227 e. The molecule has 0 spiro atoms. The molecule has 1 aliphatic rings. The Bertz CT molecular complexity index is 839. The van der Waals surface area contributed by atoms with Crippen LogP contribution in [0.25, 0.3) is 10.8 Å². The van der Waals surface area contributed by atoms with Crippen LogP contribution in [0, 0.1) is 0 Å². The third kappa shape index (κ3) is 3.61. The number of carbonyl (C=O) groups excluding carboxylic acids is 1. The van der Waals surface area contributed by atoms with Gasteiger partial charge in [-0.1, -0.05) is 49.4 Å². The van der Waals surface area contributed by atoms with Crippen molar-refractivity contribution in [1.29, 1.82) is 0 Å². The van der Waals surface area contributed by atoms with Crippen LogP contribution in [0.2, 0.25) is 0 Å². The van der Waals surface area contributed by atoms with Crippen LogP contribution in [0.1, 0.15) is 25.3 Å². The first-order valence-electron chi connectivity index (χ1n) is 8.46. The van der Waals surface area contributed by atoms with E-state index in [9.17, 15) is 13.2 Å². The molecule has 2 aromatic carbocycles. The Morgan fingerprint density at radius 3 is 2.62 bits per heavy atom. The molecule has 1 heterocycles. The Kier molecular flexibility index (Phi) is 4.90. The van der Waals surface area contributed by atoms with Gasteiger partial charge in [-0.05, 0) is 29.2 Å². The van der Waals surface area contributed by atoms with Crippen LogP contribution in [-0.2, 0) is 21.1 Å². The molecule has 1 saturated heterocycles. The summed E-state index contributed by atoms with van der Waals surface area (Å²) in [5, 5.41) is 2.21. The molecule has 0 aliphatic carbocycles. The van der Waals surface area contributed by atoms with Gasteiger partial charge in [0.05, 0.1) is 17.9 Å². The summed E-state index contributed by atoms with van der Waals surface area (Å²) in [6, 6.07) is 13.8. The van der Waals surface area contributed by atoms with E-state index < -0.39 is 9.84 Å². The molecule has 0 N–H and O–H groups in total. The van der Waals surface area contributed by atoms with E-state index in [1.807, 2.05) is 49.4 Å². The number of rotatable bonds is 5. The normalized spacial score (nSPS) is 19.5. The summed E-state index contributed by atoms with van der Waals surface area (Å²) in [4.78, 5) is 14.7. The van der Waals surface area contributed by atoms with Crippen molar-refractivity contribution < 1.29 is 13.2 Å². The van der Waals surface area contributed by atoms with Gasteiger partial charge in [-0.3, -0.25) is 4.79 Å². The van der Waals surface area contributed by atoms with Crippen molar-refractivity contribution in [2.45, 2.75) is 32.2 Å². The van der Waals surface area contributed by atoms with E-state index in [-0.39, 0.29) is 23.5 Å². The van der Waals surface area contributed by atoms with Crippen molar-refractivity contribution in [3.8, 4) is 0 Å². The molecule has 1 fully saturated rings. The molecular weight excluding hydrogens is 322 g/mol. The van der Waals surface area contributed by atoms with E-state index in [0.717, 1.165) is 22.8 Å². The minimum atomic E-state index is -2.99. The van der Waals surface area contributed by atoms with E-state index in [0.29, 0.717) is 19.4 Å². The van der Waals surface area contributed by atoms with Gasteiger partial charge in [0.15, 0.2) is 9.84 Å². The molecule has 1 atom stereocenters. The van der Waals surface area contributed by atoms with Gasteiger partial charge >= 0.3 is 0 Å². The highest BCUT2D eigenvalue weighted by Gasteiger charge is 2.34. The minimum absolute atomic E-state index is 0.0234. The monoisotopic (exact) mass is 345 g/mol. The van der Waals surface area contributed by atoms with Crippen molar-refractivity contribution in [2.75, 3.05) is 18.1 Å². The first kappa shape index (κ1) is 17.0. The number of fused-ring (bicyclic) bond motifs is 1. The Balaban J connectivity index is 1.83. The van der Waals surface area contributed by atoms with Crippen LogP contribution in [0.3, 0.4) is 0 Å². The molecule has 1 amide bonds. The molecule has 24 heavy (non-hydrogen) atoms. The van der Waals surface area contributed by atoms with E-state index in [4.69, 9.17) is 0 Å². The predicted octanol–water partition coefficient (Wildman–Crippen LogP) is 2.81. The van der Waals surface area contributed by atoms with E-state index in [1.165, 1.54) is 0 Å². The van der Waals surface area contributed by atoms with Crippen molar-refractivity contribution in [3.05, 3.63) is 48.0 Å². The molecule has 0 bridgehead atoms. The lowest BCUT2D eigenvalue weighted by atomic mass is 10.0. The molecule has 0 radical (unpaired) electrons. The fourth-order valence-corrected chi connectivity index (χ4v) is 5.21. The number of hydrogen-bond acceptors (Lipinski definition) is 3. The van der Waals surface area contributed by atoms with Gasteiger partial charge in [0.1, 0.15) is 0 Å². The number of nitrogens with zero attached hydrogens (tertiary/aromatic N) is 1. The molecule has 5 heteroatoms. The van der Waals surface area contributed by atoms with Crippen LogP contribution in [0.4, 0.5) is 0 Å². The summed E-state index contributed by atoms with van der Waals surface area (Å²) in [5.41, 5.74) is 1.00. The molecule has 3 rings (SSSR count). The van der Waals surface area contributed by atoms with Crippen LogP contribution >= 0.6 is 0 Å². The number of amides is 1. The average Bonchev–Trinajstić information content (AvgIpc) is 2.92. The summed E-state index contributed by atoms with van der Waals surface area (Å²) in [6.07, 6.45) is 1.71. The Morgan fingerprint density at radius 1 is 1.17 bits per heavy atom. The number of sulfone groups is 1. The molecule has 0 unspecified atom stereocenters. The van der Waals surface area contributed by atoms with Gasteiger partial charge < -0.3 is 4.90 Å². The van der Waals surface area contributed by atoms with Crippen molar-refractivity contribution >= 4 is 26.5 Å². The smallest absolute Gasteiger partial charge is 0.227 e. The van der Waals surface area contributed by atoms with E-state index in [1.54, 1.807) is 4.90 Å². The number of carbonyl (C=O) groups is 1. The molecular formula is C19H23NO3S. The van der Waals surface area contributed by atoms with Gasteiger partial charge in [0.25, 0.3) is 0 Å². The highest BCUT2D eigenvalue weighted by Crippen LogP contribution is 2.22. The van der Waals surface area contributed by atoms with Crippen LogP contribution in [-0.4, -0.2) is 43.3 Å². The Morgan fingerprint density at radius 2 is 1.92 bits per heavy atom. The largest absolute Gasteiger partial charge is 0.338 e. The first-order chi connectivity index (χ1) is 11.5. The van der Waals surface area contributed by atoms with E-state index in [2.05, 4.69) is 0 Å². The second kappa shape index (κ2) is 6.93. The zero-order valence-corrected chi connectivity index (χ0v) is 14.8. The van der Waals surface area contributed by atoms with Gasteiger partial charge in [0, 0.05) is 12.6 Å². The lowest BCUT2D eigenvalue weighted by Crippen LogP contribution is -2.42. The third-order valence-electron chi connectivity index (χ3n) is 4.66. The van der Waals surface area contributed by atoms with Crippen LogP contribution < -0.4 is 0 Å². The lowest BCUT2D eigenvalue weighted by molar-refractivity contribution is -0.132. The summed E-state index contributed by atoms with van der Waals surface area (Å²) < 4.78 is 23.5. The van der Waals surface area contributed by atoms with Gasteiger partial charge in [0.2, 0.25) is 5.91 Å². The maximum atomic E-state index is 12.9. The van der Waals surface area contributed by atoms with Gasteiger partial charge in [-0.25, -0.2) is 8.42 Å². The van der Waals surface area contributed by atoms with Crippen molar-refractivity contribution in [1.82, 2.24) is 4.90 Å². The predicted molar refractivity (Wildman–Crippen MR) is 96.7 cm³/mol. The summed E-state index contributed by atoms with van der Waals surface area (Å²) in [7, 11) is -2.99. The second-order valence-electron chi connectivity index (χ2n) is 6.46. The number of benzene rings is 2. The molecule has 0 saturated carbocycles. The van der Waals surface area contributed by atoms with Crippen molar-refractivity contribution in [3.63, 3.8) is 0 Å². The fraction of sp³-hybridized carbons (Fsp3) is 0.421. The van der Waals surface area contributed by atoms with Crippen molar-refractivity contribution in [2.24, 2.45) is 0 Å². The molecule has 2 aromatic rings. The summed E-state index contributed by atoms with van der Waals surface area (Å²) >= 11 is 0. The van der Waals surface area contributed by atoms with E-state index >= 15 is 0 Å². The molecule has 128 valence electrons. The summed E-state index contributed by atoms with van der Waals surface area (Å²) in [6.45, 7) is 2.63. The molecule has 4 nitrogen and oxygen atoms in total. The van der Waals surface area contributed by atoms with Crippen LogP contribution in [0.5, 0.6) is 0 Å². The standard InChI is InChI=1S/C19H23NO3S/c1-2-11-20(17-10-12-24(22,23)14-17)19(21)13-16-8-5-7-15-6-3-4-9-18(15)16/h3-9,17H,2,10-14H2,1H3/t17-/m0/s1. The highest BCUT2D eigenvalue weighted by molar-refractivity contribution is 7.91. The SMILES string of the molecule is CCCN(C(=O)Cc1cccc2ccccc12)[C@H]1CCS(=O)(=O)C1. The first-order valence-corrected chi connectivity index (χ1v) is 10.3. The van der Waals surface area contributed by atoms with Gasteiger partial charge in [-0.2, -0.15) is 0 Å². The third-order valence-corrected chi connectivity index (χ3v) is 6.41. The lowest BCUT2D eigenvalue weighted by Gasteiger charge is -2.28. The quantitative estimate of drug-likeness (QED) is 0.837. The zero-order chi connectivity index (χ0) is 17.2.